The Hall–Kier alpha value is -2.37. The number of pyridine rings is 1. The summed E-state index contributed by atoms with van der Waals surface area (Å²) in [5.74, 6) is -1.10. The molecule has 0 atom stereocenters. The molecule has 0 saturated carbocycles. The second-order valence-corrected chi connectivity index (χ2v) is 3.84. The first-order valence-corrected chi connectivity index (χ1v) is 5.61. The van der Waals surface area contributed by atoms with Crippen LogP contribution in [0.4, 0.5) is 0 Å². The van der Waals surface area contributed by atoms with Crippen LogP contribution >= 0.6 is 0 Å². The predicted octanol–water partition coefficient (Wildman–Crippen LogP) is 0.929. The lowest BCUT2D eigenvalue weighted by molar-refractivity contribution is -0.137. The highest BCUT2D eigenvalue weighted by molar-refractivity contribution is 6.00. The molecule has 94 valence electrons. The average Bonchev–Trinajstić information content (AvgIpc) is 2.78. The van der Waals surface area contributed by atoms with Gasteiger partial charge in [0, 0.05) is 19.2 Å². The molecule has 0 aliphatic heterocycles. The van der Waals surface area contributed by atoms with Crippen LogP contribution in [0.3, 0.4) is 0 Å². The number of carbonyl (C=O) groups is 2. The molecule has 18 heavy (non-hydrogen) atoms. The molecule has 6 nitrogen and oxygen atoms in total. The number of rotatable bonds is 5. The molecule has 0 radical (unpaired) electrons. The molecule has 0 spiro atoms. The van der Waals surface area contributed by atoms with E-state index in [2.05, 4.69) is 10.4 Å². The lowest BCUT2D eigenvalue weighted by atomic mass is 10.2. The highest BCUT2D eigenvalue weighted by Crippen LogP contribution is 2.09. The highest BCUT2D eigenvalue weighted by Gasteiger charge is 2.11. The molecule has 0 aliphatic carbocycles. The van der Waals surface area contributed by atoms with Crippen LogP contribution in [-0.4, -0.2) is 33.1 Å². The van der Waals surface area contributed by atoms with Crippen molar-refractivity contribution in [3.63, 3.8) is 0 Å². The van der Waals surface area contributed by atoms with Crippen LogP contribution in [0.15, 0.2) is 30.6 Å². The monoisotopic (exact) mass is 247 g/mol. The van der Waals surface area contributed by atoms with Gasteiger partial charge in [-0.15, -0.1) is 0 Å². The molecule has 2 rings (SSSR count). The summed E-state index contributed by atoms with van der Waals surface area (Å²) in [6.45, 7) is 0.343. The fourth-order valence-electron chi connectivity index (χ4n) is 1.65. The van der Waals surface area contributed by atoms with Crippen LogP contribution in [0.25, 0.3) is 5.52 Å². The summed E-state index contributed by atoms with van der Waals surface area (Å²) < 4.78 is 1.62. The van der Waals surface area contributed by atoms with E-state index in [4.69, 9.17) is 5.11 Å². The largest absolute Gasteiger partial charge is 0.481 e. The zero-order chi connectivity index (χ0) is 13.0. The molecule has 1 amide bonds. The Bertz CT molecular complexity index is 577. The van der Waals surface area contributed by atoms with Crippen LogP contribution in [0.5, 0.6) is 0 Å². The smallest absolute Gasteiger partial charge is 0.303 e. The van der Waals surface area contributed by atoms with Gasteiger partial charge in [0.25, 0.3) is 5.91 Å². The van der Waals surface area contributed by atoms with E-state index in [9.17, 15) is 9.59 Å². The molecule has 6 heteroatoms. The Morgan fingerprint density at radius 2 is 2.22 bits per heavy atom. The van der Waals surface area contributed by atoms with Crippen molar-refractivity contribution in [1.82, 2.24) is 14.9 Å². The molecule has 2 N–H and O–H groups in total. The van der Waals surface area contributed by atoms with E-state index in [1.54, 1.807) is 16.8 Å². The number of hydrogen-bond donors (Lipinski definition) is 2. The maximum Gasteiger partial charge on any atom is 0.303 e. The summed E-state index contributed by atoms with van der Waals surface area (Å²) in [5.41, 5.74) is 1.22. The van der Waals surface area contributed by atoms with Gasteiger partial charge >= 0.3 is 5.97 Å². The Kier molecular flexibility index (Phi) is 3.57. The number of amides is 1. The van der Waals surface area contributed by atoms with E-state index in [1.807, 2.05) is 12.1 Å². The summed E-state index contributed by atoms with van der Waals surface area (Å²) in [6, 6.07) is 5.46. The Morgan fingerprint density at radius 1 is 1.39 bits per heavy atom. The molecule has 2 aromatic heterocycles. The van der Waals surface area contributed by atoms with Crippen LogP contribution in [0, 0.1) is 0 Å². The Labute approximate surface area is 103 Å². The lowest BCUT2D eigenvalue weighted by Crippen LogP contribution is -2.24. The SMILES string of the molecule is O=C(O)CCCNC(=O)c1cnn2ccccc12. The molecule has 2 heterocycles. The number of aromatic nitrogens is 2. The number of carbonyl (C=O) groups excluding carboxylic acids is 1. The van der Waals surface area contributed by atoms with Gasteiger partial charge in [-0.2, -0.15) is 5.10 Å². The van der Waals surface area contributed by atoms with Crippen LogP contribution < -0.4 is 5.32 Å². The summed E-state index contributed by atoms with van der Waals surface area (Å²) in [5, 5.41) is 15.2. The van der Waals surface area contributed by atoms with E-state index >= 15 is 0 Å². The maximum absolute atomic E-state index is 11.9. The second kappa shape index (κ2) is 5.31. The number of aliphatic carboxylic acids is 1. The zero-order valence-electron chi connectivity index (χ0n) is 9.67. The molecule has 2 aromatic rings. The normalized spacial score (nSPS) is 10.4. The first kappa shape index (κ1) is 12.1. The van der Waals surface area contributed by atoms with Crippen LogP contribution in [0.1, 0.15) is 23.2 Å². The van der Waals surface area contributed by atoms with E-state index in [-0.39, 0.29) is 12.3 Å². The minimum atomic E-state index is -0.861. The summed E-state index contributed by atoms with van der Waals surface area (Å²) in [6.07, 6.45) is 3.73. The number of hydrogen-bond acceptors (Lipinski definition) is 3. The van der Waals surface area contributed by atoms with Crippen molar-refractivity contribution in [3.05, 3.63) is 36.2 Å². The van der Waals surface area contributed by atoms with Gasteiger partial charge in [0.2, 0.25) is 0 Å². The summed E-state index contributed by atoms with van der Waals surface area (Å²) in [7, 11) is 0. The van der Waals surface area contributed by atoms with E-state index in [0.717, 1.165) is 5.52 Å². The molecule has 0 fully saturated rings. The number of nitrogens with zero attached hydrogens (tertiary/aromatic N) is 2. The van der Waals surface area contributed by atoms with Gasteiger partial charge in [-0.3, -0.25) is 9.59 Å². The molecule has 0 unspecified atom stereocenters. The van der Waals surface area contributed by atoms with Crippen molar-refractivity contribution in [2.45, 2.75) is 12.8 Å². The van der Waals surface area contributed by atoms with Gasteiger partial charge in [0.15, 0.2) is 0 Å². The van der Waals surface area contributed by atoms with Crippen molar-refractivity contribution in [2.75, 3.05) is 6.54 Å². The van der Waals surface area contributed by atoms with Gasteiger partial charge in [-0.25, -0.2) is 4.52 Å². The molecular weight excluding hydrogens is 234 g/mol. The molecular formula is C12H13N3O3. The summed E-state index contributed by atoms with van der Waals surface area (Å²) >= 11 is 0. The predicted molar refractivity (Wildman–Crippen MR) is 64.4 cm³/mol. The maximum atomic E-state index is 11.9. The fraction of sp³-hybridized carbons (Fsp3) is 0.250. The first-order chi connectivity index (χ1) is 8.68. The van der Waals surface area contributed by atoms with Crippen molar-refractivity contribution in [1.29, 1.82) is 0 Å². The van der Waals surface area contributed by atoms with E-state index in [1.165, 1.54) is 6.20 Å². The van der Waals surface area contributed by atoms with Crippen molar-refractivity contribution in [3.8, 4) is 0 Å². The molecule has 0 aromatic carbocycles. The highest BCUT2D eigenvalue weighted by atomic mass is 16.4. The third-order valence-corrected chi connectivity index (χ3v) is 2.52. The van der Waals surface area contributed by atoms with Crippen LogP contribution in [-0.2, 0) is 4.79 Å². The van der Waals surface area contributed by atoms with Crippen LogP contribution in [0.2, 0.25) is 0 Å². The topological polar surface area (TPSA) is 83.7 Å². The minimum absolute atomic E-state index is 0.0506. The van der Waals surface area contributed by atoms with Gasteiger partial charge in [-0.05, 0) is 18.6 Å². The van der Waals surface area contributed by atoms with Crippen molar-refractivity contribution >= 4 is 17.4 Å². The van der Waals surface area contributed by atoms with E-state index < -0.39 is 5.97 Å². The quantitative estimate of drug-likeness (QED) is 0.770. The third-order valence-electron chi connectivity index (χ3n) is 2.52. The number of fused-ring (bicyclic) bond motifs is 1. The number of nitrogens with one attached hydrogen (secondary N) is 1. The molecule has 0 aliphatic rings. The average molecular weight is 247 g/mol. The van der Waals surface area contributed by atoms with Gasteiger partial charge in [0.05, 0.1) is 17.3 Å². The lowest BCUT2D eigenvalue weighted by Gasteiger charge is -2.02. The zero-order valence-corrected chi connectivity index (χ0v) is 9.67. The van der Waals surface area contributed by atoms with Crippen molar-refractivity contribution in [2.24, 2.45) is 0 Å². The Balaban J connectivity index is 1.99. The number of carboxylic acid groups (broad SMARTS) is 1. The minimum Gasteiger partial charge on any atom is -0.481 e. The van der Waals surface area contributed by atoms with Gasteiger partial charge < -0.3 is 10.4 Å². The van der Waals surface area contributed by atoms with Crippen molar-refractivity contribution < 1.29 is 14.7 Å². The molecule has 0 saturated heterocycles. The standard InChI is InChI=1S/C12H13N3O3/c16-11(17)5-3-6-13-12(18)9-8-14-15-7-2-1-4-10(9)15/h1-2,4,7-8H,3,5-6H2,(H,13,18)(H,16,17). The van der Waals surface area contributed by atoms with Gasteiger partial charge in [0.1, 0.15) is 0 Å². The van der Waals surface area contributed by atoms with E-state index in [0.29, 0.717) is 18.5 Å². The first-order valence-electron chi connectivity index (χ1n) is 5.61. The van der Waals surface area contributed by atoms with Gasteiger partial charge in [-0.1, -0.05) is 6.07 Å². The number of carboxylic acids is 1. The molecule has 0 bridgehead atoms. The fourth-order valence-corrected chi connectivity index (χ4v) is 1.65. The third kappa shape index (κ3) is 2.65. The summed E-state index contributed by atoms with van der Waals surface area (Å²) in [4.78, 5) is 22.2. The second-order valence-electron chi connectivity index (χ2n) is 3.84. The Morgan fingerprint density at radius 3 is 3.00 bits per heavy atom.